The topological polar surface area (TPSA) is 81.4 Å². The highest BCUT2D eigenvalue weighted by Gasteiger charge is 2.16. The molecule has 1 aromatic carbocycles. The van der Waals surface area contributed by atoms with E-state index in [-0.39, 0.29) is 11.4 Å². The first kappa shape index (κ1) is 15.1. The highest BCUT2D eigenvalue weighted by atomic mass is 32.2. The van der Waals surface area contributed by atoms with E-state index in [0.717, 1.165) is 0 Å². The van der Waals surface area contributed by atoms with Gasteiger partial charge in [-0.25, -0.2) is 13.1 Å². The van der Waals surface area contributed by atoms with Gasteiger partial charge in [-0.3, -0.25) is 0 Å². The molecule has 0 saturated heterocycles. The lowest BCUT2D eigenvalue weighted by molar-refractivity contribution is 0.146. The molecule has 18 heavy (non-hydrogen) atoms. The van der Waals surface area contributed by atoms with Crippen molar-refractivity contribution >= 4 is 10.0 Å². The Labute approximate surface area is 108 Å². The monoisotopic (exact) mass is 272 g/mol. The molecule has 0 bridgehead atoms. The van der Waals surface area contributed by atoms with Crippen molar-refractivity contribution in [3.05, 3.63) is 29.8 Å². The summed E-state index contributed by atoms with van der Waals surface area (Å²) in [5, 5.41) is 0. The van der Waals surface area contributed by atoms with Crippen molar-refractivity contribution in [1.82, 2.24) is 4.72 Å². The van der Waals surface area contributed by atoms with Gasteiger partial charge in [0.15, 0.2) is 0 Å². The summed E-state index contributed by atoms with van der Waals surface area (Å²) in [5.41, 5.74) is 6.15. The lowest BCUT2D eigenvalue weighted by Crippen LogP contribution is -2.27. The summed E-state index contributed by atoms with van der Waals surface area (Å²) in [6.45, 7) is 3.67. The summed E-state index contributed by atoms with van der Waals surface area (Å²) in [5.74, 6) is 0. The number of hydrogen-bond acceptors (Lipinski definition) is 4. The third-order valence-electron chi connectivity index (χ3n) is 2.44. The minimum atomic E-state index is -3.48. The summed E-state index contributed by atoms with van der Waals surface area (Å²) >= 11 is 0. The summed E-state index contributed by atoms with van der Waals surface area (Å²) < 4.78 is 31.8. The SMILES string of the molecule is CCOCCCNS(=O)(=O)c1ccccc1CN. The first-order valence-electron chi connectivity index (χ1n) is 5.97. The Morgan fingerprint density at radius 3 is 2.72 bits per heavy atom. The van der Waals surface area contributed by atoms with Crippen LogP contribution in [0.3, 0.4) is 0 Å². The number of ether oxygens (including phenoxy) is 1. The zero-order chi connectivity index (χ0) is 13.4. The average molecular weight is 272 g/mol. The predicted molar refractivity (Wildman–Crippen MR) is 70.6 cm³/mol. The van der Waals surface area contributed by atoms with Gasteiger partial charge in [0.25, 0.3) is 0 Å². The molecular formula is C12H20N2O3S. The van der Waals surface area contributed by atoms with E-state index < -0.39 is 10.0 Å². The van der Waals surface area contributed by atoms with Crippen LogP contribution in [0.1, 0.15) is 18.9 Å². The van der Waals surface area contributed by atoms with Gasteiger partial charge in [-0.15, -0.1) is 0 Å². The Morgan fingerprint density at radius 2 is 2.06 bits per heavy atom. The van der Waals surface area contributed by atoms with Gasteiger partial charge in [-0.05, 0) is 25.0 Å². The molecule has 0 saturated carbocycles. The van der Waals surface area contributed by atoms with Crippen LogP contribution in [0.25, 0.3) is 0 Å². The van der Waals surface area contributed by atoms with Gasteiger partial charge in [-0.1, -0.05) is 18.2 Å². The normalized spacial score (nSPS) is 11.7. The van der Waals surface area contributed by atoms with Crippen LogP contribution in [0, 0.1) is 0 Å². The highest BCUT2D eigenvalue weighted by molar-refractivity contribution is 7.89. The summed E-state index contributed by atoms with van der Waals surface area (Å²) in [7, 11) is -3.48. The molecule has 5 nitrogen and oxygen atoms in total. The average Bonchev–Trinajstić information content (AvgIpc) is 2.38. The lowest BCUT2D eigenvalue weighted by Gasteiger charge is -2.10. The maximum absolute atomic E-state index is 12.0. The van der Waals surface area contributed by atoms with E-state index in [1.807, 2.05) is 6.92 Å². The number of benzene rings is 1. The van der Waals surface area contributed by atoms with Crippen molar-refractivity contribution in [2.45, 2.75) is 24.8 Å². The largest absolute Gasteiger partial charge is 0.382 e. The van der Waals surface area contributed by atoms with Crippen LogP contribution in [0.5, 0.6) is 0 Å². The quantitative estimate of drug-likeness (QED) is 0.687. The molecule has 0 atom stereocenters. The first-order chi connectivity index (χ1) is 8.61. The van der Waals surface area contributed by atoms with Crippen LogP contribution in [0.4, 0.5) is 0 Å². The lowest BCUT2D eigenvalue weighted by atomic mass is 10.2. The van der Waals surface area contributed by atoms with Crippen molar-refractivity contribution in [2.24, 2.45) is 5.73 Å². The maximum Gasteiger partial charge on any atom is 0.240 e. The Kier molecular flexibility index (Phi) is 6.28. The van der Waals surface area contributed by atoms with Gasteiger partial charge >= 0.3 is 0 Å². The minimum Gasteiger partial charge on any atom is -0.382 e. The number of hydrogen-bond donors (Lipinski definition) is 2. The molecule has 6 heteroatoms. The molecule has 3 N–H and O–H groups in total. The number of nitrogens with two attached hydrogens (primary N) is 1. The minimum absolute atomic E-state index is 0.204. The maximum atomic E-state index is 12.0. The molecule has 0 radical (unpaired) electrons. The fraction of sp³-hybridized carbons (Fsp3) is 0.500. The Morgan fingerprint density at radius 1 is 1.33 bits per heavy atom. The fourth-order valence-corrected chi connectivity index (χ4v) is 2.86. The van der Waals surface area contributed by atoms with E-state index in [0.29, 0.717) is 31.7 Å². The van der Waals surface area contributed by atoms with Crippen molar-refractivity contribution < 1.29 is 13.2 Å². The van der Waals surface area contributed by atoms with Crippen LogP contribution in [-0.4, -0.2) is 28.2 Å². The van der Waals surface area contributed by atoms with E-state index >= 15 is 0 Å². The van der Waals surface area contributed by atoms with E-state index in [2.05, 4.69) is 4.72 Å². The molecule has 0 amide bonds. The second-order valence-corrected chi connectivity index (χ2v) is 5.50. The van der Waals surface area contributed by atoms with E-state index in [1.54, 1.807) is 24.3 Å². The van der Waals surface area contributed by atoms with Crippen molar-refractivity contribution in [3.8, 4) is 0 Å². The molecule has 0 spiro atoms. The van der Waals surface area contributed by atoms with Crippen LogP contribution < -0.4 is 10.5 Å². The van der Waals surface area contributed by atoms with Gasteiger partial charge in [0.1, 0.15) is 0 Å². The molecule has 0 fully saturated rings. The van der Waals surface area contributed by atoms with Crippen LogP contribution in [0.15, 0.2) is 29.2 Å². The van der Waals surface area contributed by atoms with Crippen molar-refractivity contribution in [2.75, 3.05) is 19.8 Å². The van der Waals surface area contributed by atoms with Crippen LogP contribution >= 0.6 is 0 Å². The highest BCUT2D eigenvalue weighted by Crippen LogP contribution is 2.14. The third kappa shape index (κ3) is 4.38. The van der Waals surface area contributed by atoms with Crippen molar-refractivity contribution in [3.63, 3.8) is 0 Å². The molecule has 0 heterocycles. The zero-order valence-electron chi connectivity index (χ0n) is 10.6. The van der Waals surface area contributed by atoms with Gasteiger partial charge in [0, 0.05) is 26.3 Å². The predicted octanol–water partition coefficient (Wildman–Crippen LogP) is 0.850. The molecule has 0 aliphatic carbocycles. The van der Waals surface area contributed by atoms with E-state index in [9.17, 15) is 8.42 Å². The van der Waals surface area contributed by atoms with Gasteiger partial charge in [0.05, 0.1) is 4.90 Å². The Balaban J connectivity index is 2.63. The molecular weight excluding hydrogens is 252 g/mol. The second kappa shape index (κ2) is 7.48. The molecule has 0 aromatic heterocycles. The molecule has 0 unspecified atom stereocenters. The van der Waals surface area contributed by atoms with E-state index in [1.165, 1.54) is 0 Å². The third-order valence-corrected chi connectivity index (χ3v) is 4.01. The Hall–Kier alpha value is -0.950. The summed E-state index contributed by atoms with van der Waals surface area (Å²) in [6.07, 6.45) is 0.651. The molecule has 102 valence electrons. The number of rotatable bonds is 8. The second-order valence-electron chi connectivity index (χ2n) is 3.76. The van der Waals surface area contributed by atoms with Gasteiger partial charge in [-0.2, -0.15) is 0 Å². The van der Waals surface area contributed by atoms with Gasteiger partial charge in [0.2, 0.25) is 10.0 Å². The zero-order valence-corrected chi connectivity index (χ0v) is 11.4. The standard InChI is InChI=1S/C12H20N2O3S/c1-2-17-9-5-8-14-18(15,16)12-7-4-3-6-11(12)10-13/h3-4,6-7,14H,2,5,8-10,13H2,1H3. The van der Waals surface area contributed by atoms with Gasteiger partial charge < -0.3 is 10.5 Å². The Bertz CT molecular complexity index is 460. The fourth-order valence-electron chi connectivity index (χ4n) is 1.54. The molecule has 1 aromatic rings. The number of nitrogens with one attached hydrogen (secondary N) is 1. The number of sulfonamides is 1. The molecule has 1 rings (SSSR count). The summed E-state index contributed by atoms with van der Waals surface area (Å²) in [4.78, 5) is 0.254. The molecule has 0 aliphatic heterocycles. The smallest absolute Gasteiger partial charge is 0.240 e. The van der Waals surface area contributed by atoms with E-state index in [4.69, 9.17) is 10.5 Å². The molecule has 0 aliphatic rings. The van der Waals surface area contributed by atoms with Crippen LogP contribution in [0.2, 0.25) is 0 Å². The van der Waals surface area contributed by atoms with Crippen LogP contribution in [-0.2, 0) is 21.3 Å². The first-order valence-corrected chi connectivity index (χ1v) is 7.45. The summed E-state index contributed by atoms with van der Waals surface area (Å²) in [6, 6.07) is 6.74. The van der Waals surface area contributed by atoms with Crippen molar-refractivity contribution in [1.29, 1.82) is 0 Å².